The second-order valence-corrected chi connectivity index (χ2v) is 7.41. The molecular formula is C13H16F3N3O2S. The first-order valence-electron chi connectivity index (χ1n) is 7.09. The highest BCUT2D eigenvalue weighted by Crippen LogP contribution is 2.43. The number of piperazine rings is 1. The van der Waals surface area contributed by atoms with Crippen molar-refractivity contribution in [2.24, 2.45) is 0 Å². The lowest BCUT2D eigenvalue weighted by Crippen LogP contribution is -2.46. The molecule has 1 aromatic rings. The fourth-order valence-corrected chi connectivity index (χ4v) is 4.17. The van der Waals surface area contributed by atoms with Crippen LogP contribution in [0.4, 0.5) is 13.2 Å². The molecule has 2 fully saturated rings. The van der Waals surface area contributed by atoms with Gasteiger partial charge in [-0.2, -0.15) is 17.5 Å². The van der Waals surface area contributed by atoms with Crippen LogP contribution in [-0.2, 0) is 16.2 Å². The van der Waals surface area contributed by atoms with E-state index in [1.165, 1.54) is 4.31 Å². The zero-order chi connectivity index (χ0) is 16.0. The molecule has 2 aliphatic rings. The summed E-state index contributed by atoms with van der Waals surface area (Å²) in [5, 5.41) is 3.05. The third-order valence-corrected chi connectivity index (χ3v) is 5.78. The normalized spacial score (nSPS) is 21.0. The lowest BCUT2D eigenvalue weighted by molar-refractivity contribution is -0.141. The molecule has 0 radical (unpaired) electrons. The van der Waals surface area contributed by atoms with E-state index in [9.17, 15) is 21.6 Å². The zero-order valence-electron chi connectivity index (χ0n) is 11.7. The first-order chi connectivity index (χ1) is 10.3. The van der Waals surface area contributed by atoms with E-state index in [0.29, 0.717) is 39.0 Å². The van der Waals surface area contributed by atoms with Crippen LogP contribution in [0.5, 0.6) is 0 Å². The van der Waals surface area contributed by atoms with E-state index in [1.54, 1.807) is 0 Å². The van der Waals surface area contributed by atoms with Crippen LogP contribution in [0.1, 0.15) is 30.1 Å². The van der Waals surface area contributed by atoms with Gasteiger partial charge >= 0.3 is 6.18 Å². The molecule has 0 unspecified atom stereocenters. The molecule has 3 rings (SSSR count). The Bertz CT molecular complexity index is 666. The third-order valence-electron chi connectivity index (χ3n) is 3.83. The van der Waals surface area contributed by atoms with Crippen molar-refractivity contribution in [1.82, 2.24) is 14.6 Å². The van der Waals surface area contributed by atoms with Gasteiger partial charge < -0.3 is 5.32 Å². The van der Waals surface area contributed by atoms with Gasteiger partial charge in [-0.25, -0.2) is 13.4 Å². The Hall–Kier alpha value is -1.19. The number of sulfonamides is 1. The van der Waals surface area contributed by atoms with Crippen molar-refractivity contribution in [2.45, 2.75) is 29.8 Å². The second kappa shape index (κ2) is 5.47. The molecule has 1 aliphatic carbocycles. The Morgan fingerprint density at radius 1 is 1.18 bits per heavy atom. The van der Waals surface area contributed by atoms with Crippen molar-refractivity contribution in [3.05, 3.63) is 23.5 Å². The SMILES string of the molecule is O=S(=O)(c1ccc(C(F)(F)F)nc1C1CC1)N1CCNCC1. The largest absolute Gasteiger partial charge is 0.433 e. The first kappa shape index (κ1) is 15.7. The van der Waals surface area contributed by atoms with Crippen LogP contribution in [-0.4, -0.2) is 43.9 Å². The fraction of sp³-hybridized carbons (Fsp3) is 0.615. The number of aromatic nitrogens is 1. The van der Waals surface area contributed by atoms with Gasteiger partial charge in [-0.15, -0.1) is 0 Å². The van der Waals surface area contributed by atoms with Gasteiger partial charge in [-0.3, -0.25) is 0 Å². The topological polar surface area (TPSA) is 62.3 Å². The number of pyridine rings is 1. The molecule has 2 heterocycles. The van der Waals surface area contributed by atoms with Crippen LogP contribution in [0.3, 0.4) is 0 Å². The summed E-state index contributed by atoms with van der Waals surface area (Å²) in [6.45, 7) is 1.69. The lowest BCUT2D eigenvalue weighted by Gasteiger charge is -2.27. The Kier molecular flexibility index (Phi) is 3.90. The van der Waals surface area contributed by atoms with Gasteiger partial charge in [-0.1, -0.05) is 0 Å². The molecular weight excluding hydrogens is 319 g/mol. The van der Waals surface area contributed by atoms with Crippen molar-refractivity contribution in [2.75, 3.05) is 26.2 Å². The Morgan fingerprint density at radius 2 is 1.82 bits per heavy atom. The minimum Gasteiger partial charge on any atom is -0.314 e. The highest BCUT2D eigenvalue weighted by atomic mass is 32.2. The molecule has 1 saturated carbocycles. The third kappa shape index (κ3) is 2.97. The van der Waals surface area contributed by atoms with Gasteiger partial charge in [0.05, 0.1) is 5.69 Å². The van der Waals surface area contributed by atoms with Gasteiger partial charge in [-0.05, 0) is 25.0 Å². The molecule has 0 atom stereocenters. The van der Waals surface area contributed by atoms with Crippen LogP contribution in [0.2, 0.25) is 0 Å². The number of nitrogens with zero attached hydrogens (tertiary/aromatic N) is 2. The summed E-state index contributed by atoms with van der Waals surface area (Å²) in [5.74, 6) is -0.185. The van der Waals surface area contributed by atoms with Crippen molar-refractivity contribution >= 4 is 10.0 Å². The Labute approximate surface area is 126 Å². The minimum absolute atomic E-state index is 0.0633. The van der Waals surface area contributed by atoms with E-state index in [2.05, 4.69) is 10.3 Å². The molecule has 0 amide bonds. The molecule has 1 aliphatic heterocycles. The van der Waals surface area contributed by atoms with E-state index in [4.69, 9.17) is 0 Å². The monoisotopic (exact) mass is 335 g/mol. The summed E-state index contributed by atoms with van der Waals surface area (Å²) in [7, 11) is -3.80. The fourth-order valence-electron chi connectivity index (χ4n) is 2.51. The number of rotatable bonds is 3. The molecule has 0 spiro atoms. The number of nitrogens with one attached hydrogen (secondary N) is 1. The predicted octanol–water partition coefficient (Wildman–Crippen LogP) is 1.57. The van der Waals surface area contributed by atoms with Crippen molar-refractivity contribution in [3.8, 4) is 0 Å². The molecule has 5 nitrogen and oxygen atoms in total. The predicted molar refractivity (Wildman–Crippen MR) is 72.8 cm³/mol. The standard InChI is InChI=1S/C13H16F3N3O2S/c14-13(15,16)11-4-3-10(12(18-11)9-1-2-9)22(20,21)19-7-5-17-6-8-19/h3-4,9,17H,1-2,5-8H2. The average Bonchev–Trinajstić information content (AvgIpc) is 3.31. The van der Waals surface area contributed by atoms with Crippen molar-refractivity contribution in [1.29, 1.82) is 0 Å². The van der Waals surface area contributed by atoms with Crippen LogP contribution >= 0.6 is 0 Å². The maximum Gasteiger partial charge on any atom is 0.433 e. The van der Waals surface area contributed by atoms with Crippen molar-refractivity contribution < 1.29 is 21.6 Å². The quantitative estimate of drug-likeness (QED) is 0.911. The summed E-state index contributed by atoms with van der Waals surface area (Å²) in [6.07, 6.45) is -3.21. The summed E-state index contributed by atoms with van der Waals surface area (Å²) < 4.78 is 65.1. The maximum absolute atomic E-state index is 12.8. The van der Waals surface area contributed by atoms with Gasteiger partial charge in [0.25, 0.3) is 0 Å². The van der Waals surface area contributed by atoms with Crippen molar-refractivity contribution in [3.63, 3.8) is 0 Å². The first-order valence-corrected chi connectivity index (χ1v) is 8.53. The molecule has 1 saturated heterocycles. The van der Waals surface area contributed by atoms with Gasteiger partial charge in [0.15, 0.2) is 0 Å². The number of halogens is 3. The lowest BCUT2D eigenvalue weighted by atomic mass is 10.2. The molecule has 122 valence electrons. The molecule has 0 aromatic carbocycles. The summed E-state index contributed by atoms with van der Waals surface area (Å²) in [4.78, 5) is 3.54. The van der Waals surface area contributed by atoms with Crippen LogP contribution in [0.25, 0.3) is 0 Å². The summed E-state index contributed by atoms with van der Waals surface area (Å²) in [5.41, 5.74) is -0.970. The van der Waals surface area contributed by atoms with Crippen LogP contribution in [0, 0.1) is 0 Å². The van der Waals surface area contributed by atoms with E-state index in [-0.39, 0.29) is 16.5 Å². The van der Waals surface area contributed by atoms with E-state index < -0.39 is 21.9 Å². The smallest absolute Gasteiger partial charge is 0.314 e. The zero-order valence-corrected chi connectivity index (χ0v) is 12.5. The summed E-state index contributed by atoms with van der Waals surface area (Å²) >= 11 is 0. The number of hydrogen-bond acceptors (Lipinski definition) is 4. The van der Waals surface area contributed by atoms with E-state index in [1.807, 2.05) is 0 Å². The highest BCUT2D eigenvalue weighted by molar-refractivity contribution is 7.89. The number of hydrogen-bond donors (Lipinski definition) is 1. The minimum atomic E-state index is -4.57. The molecule has 1 aromatic heterocycles. The average molecular weight is 335 g/mol. The van der Waals surface area contributed by atoms with Gasteiger partial charge in [0, 0.05) is 32.1 Å². The summed E-state index contributed by atoms with van der Waals surface area (Å²) in [6, 6.07) is 1.81. The van der Waals surface area contributed by atoms with Gasteiger partial charge in [0.2, 0.25) is 10.0 Å². The molecule has 1 N–H and O–H groups in total. The molecule has 9 heteroatoms. The molecule has 22 heavy (non-hydrogen) atoms. The van der Waals surface area contributed by atoms with E-state index >= 15 is 0 Å². The number of alkyl halides is 3. The Balaban J connectivity index is 2.02. The highest BCUT2D eigenvalue weighted by Gasteiger charge is 2.39. The molecule has 0 bridgehead atoms. The van der Waals surface area contributed by atoms with E-state index in [0.717, 1.165) is 12.1 Å². The van der Waals surface area contributed by atoms with Crippen LogP contribution in [0.15, 0.2) is 17.0 Å². The maximum atomic E-state index is 12.8. The Morgan fingerprint density at radius 3 is 2.36 bits per heavy atom. The second-order valence-electron chi connectivity index (χ2n) is 5.51. The van der Waals surface area contributed by atoms with Gasteiger partial charge in [0.1, 0.15) is 10.6 Å². The van der Waals surface area contributed by atoms with Crippen LogP contribution < -0.4 is 5.32 Å².